The number of imidazole rings is 2. The van der Waals surface area contributed by atoms with Crippen LogP contribution in [0.4, 0.5) is 21.2 Å². The average molecular weight is 1120 g/mol. The Labute approximate surface area is 488 Å². The van der Waals surface area contributed by atoms with Crippen LogP contribution in [0.15, 0.2) is 85.2 Å². The van der Waals surface area contributed by atoms with Crippen LogP contribution in [0.1, 0.15) is 164 Å². The molecule has 4 aromatic heterocycles. The zero-order chi connectivity index (χ0) is 57.6. The topological polar surface area (TPSA) is 315 Å². The second-order valence-corrected chi connectivity index (χ2v) is 23.7. The molecule has 2 aliphatic heterocycles. The van der Waals surface area contributed by atoms with E-state index in [1.54, 1.807) is 70.7 Å². The number of carbonyl (C=O) groups is 6. The van der Waals surface area contributed by atoms with Crippen molar-refractivity contribution < 1.29 is 67.7 Å². The molecule has 8 N–H and O–H groups in total. The number of anilines is 2. The van der Waals surface area contributed by atoms with Crippen molar-refractivity contribution in [3.63, 3.8) is 0 Å². The minimum absolute atomic E-state index is 0. The molecular formula is C59H71LiN12O10. The number of carboxylic acids is 1. The number of aromatic nitrogens is 6. The quantitative estimate of drug-likeness (QED) is 0.0541. The van der Waals surface area contributed by atoms with E-state index in [1.807, 2.05) is 79.7 Å². The number of aromatic carboxylic acids is 1. The summed E-state index contributed by atoms with van der Waals surface area (Å²) in [4.78, 5) is 96.2. The third-order valence-electron chi connectivity index (χ3n) is 15.1. The SMILES string of the molecule is CCc1ccnc(NC(=O)c2ccc(-c3nc(C4CC5(C4)CN(C(=O)OC(C)(C)C)C5)n(N)c3C(=O)O)cc2)c1.CCc1ccnc(NC(=O)c2ccc(-c3nc(C4CC5(C4)CN(C(=O)OC(C)(C)C)C5)n(N)c3C(C)=O)cc2)c1.[Li+].[OH-]. The zero-order valence-corrected chi connectivity index (χ0v) is 48.2. The molecule has 4 aliphatic rings. The third-order valence-corrected chi connectivity index (χ3v) is 15.1. The normalized spacial score (nSPS) is 16.5. The minimum atomic E-state index is -1.19. The van der Waals surface area contributed by atoms with Gasteiger partial charge in [0, 0.05) is 90.4 Å². The van der Waals surface area contributed by atoms with E-state index in [-0.39, 0.29) is 88.2 Å². The summed E-state index contributed by atoms with van der Waals surface area (Å²) in [6, 6.07) is 21.0. The molecule has 10 rings (SSSR count). The van der Waals surface area contributed by atoms with Crippen LogP contribution in [-0.2, 0) is 22.3 Å². The molecule has 4 amide bonds. The molecule has 23 heteroatoms. The maximum atomic E-state index is 12.8. The van der Waals surface area contributed by atoms with E-state index in [9.17, 15) is 33.9 Å². The second kappa shape index (κ2) is 23.8. The van der Waals surface area contributed by atoms with Gasteiger partial charge in [-0.3, -0.25) is 14.4 Å². The van der Waals surface area contributed by atoms with E-state index in [0.29, 0.717) is 83.1 Å². The van der Waals surface area contributed by atoms with E-state index >= 15 is 0 Å². The van der Waals surface area contributed by atoms with Crippen LogP contribution < -0.4 is 41.2 Å². The number of amides is 4. The monoisotopic (exact) mass is 1110 g/mol. The maximum Gasteiger partial charge on any atom is 1.00 e. The van der Waals surface area contributed by atoms with Crippen molar-refractivity contribution in [3.05, 3.63) is 130 Å². The molecule has 0 unspecified atom stereocenters. The number of rotatable bonds is 12. The van der Waals surface area contributed by atoms with Gasteiger partial charge in [0.25, 0.3) is 11.8 Å². The molecule has 4 fully saturated rings. The van der Waals surface area contributed by atoms with E-state index in [4.69, 9.17) is 26.1 Å². The molecule has 0 radical (unpaired) electrons. The number of nitrogen functional groups attached to an aromatic ring is 2. The van der Waals surface area contributed by atoms with E-state index in [0.717, 1.165) is 54.3 Å². The van der Waals surface area contributed by atoms with Crippen LogP contribution in [0.3, 0.4) is 0 Å². The van der Waals surface area contributed by atoms with Crippen molar-refractivity contribution in [2.45, 2.75) is 124 Å². The van der Waals surface area contributed by atoms with Gasteiger partial charge < -0.3 is 52.2 Å². The molecular weight excluding hydrogens is 1040 g/mol. The van der Waals surface area contributed by atoms with Crippen LogP contribution in [0, 0.1) is 10.8 Å². The fourth-order valence-corrected chi connectivity index (χ4v) is 11.2. The summed E-state index contributed by atoms with van der Waals surface area (Å²) in [7, 11) is 0. The molecule has 2 saturated carbocycles. The summed E-state index contributed by atoms with van der Waals surface area (Å²) in [5.41, 5.74) is 4.18. The number of nitrogens with one attached hydrogen (secondary N) is 2. The van der Waals surface area contributed by atoms with Crippen molar-refractivity contribution in [2.75, 3.05) is 48.5 Å². The first-order valence-electron chi connectivity index (χ1n) is 26.9. The summed E-state index contributed by atoms with van der Waals surface area (Å²) < 4.78 is 13.5. The van der Waals surface area contributed by atoms with Crippen LogP contribution >= 0.6 is 0 Å². The molecule has 0 atom stereocenters. The summed E-state index contributed by atoms with van der Waals surface area (Å²) >= 11 is 0. The van der Waals surface area contributed by atoms with Gasteiger partial charge in [-0.15, -0.1) is 0 Å². The van der Waals surface area contributed by atoms with Gasteiger partial charge in [-0.05, 0) is 140 Å². The number of nitrogens with zero attached hydrogens (tertiary/aromatic N) is 8. The van der Waals surface area contributed by atoms with Gasteiger partial charge in [0.2, 0.25) is 0 Å². The average Bonchev–Trinajstić information content (AvgIpc) is 3.99. The summed E-state index contributed by atoms with van der Waals surface area (Å²) in [6.45, 7) is 19.1. The first-order chi connectivity index (χ1) is 37.8. The first-order valence-corrected chi connectivity index (χ1v) is 26.9. The Morgan fingerprint density at radius 2 is 0.963 bits per heavy atom. The number of carboxylic acid groups (broad SMARTS) is 1. The number of pyridine rings is 2. The molecule has 2 saturated heterocycles. The van der Waals surface area contributed by atoms with Gasteiger partial charge in [0.05, 0.1) is 0 Å². The van der Waals surface area contributed by atoms with Crippen molar-refractivity contribution >= 4 is 47.4 Å². The molecule has 428 valence electrons. The number of carbonyl (C=O) groups excluding carboxylic acids is 5. The number of aryl methyl sites for hydroxylation is 2. The fourth-order valence-electron chi connectivity index (χ4n) is 11.2. The van der Waals surface area contributed by atoms with Crippen molar-refractivity contribution in [3.8, 4) is 22.5 Å². The van der Waals surface area contributed by atoms with Gasteiger partial charge >= 0.3 is 37.0 Å². The Hall–Kier alpha value is -8.06. The van der Waals surface area contributed by atoms with Crippen LogP contribution in [0.2, 0.25) is 0 Å². The predicted octanol–water partition coefficient (Wildman–Crippen LogP) is 5.90. The Kier molecular flexibility index (Phi) is 17.9. The molecule has 2 aliphatic carbocycles. The Morgan fingerprint density at radius 3 is 1.29 bits per heavy atom. The van der Waals surface area contributed by atoms with Crippen molar-refractivity contribution in [1.82, 2.24) is 39.1 Å². The number of ether oxygens (including phenoxy) is 2. The maximum absolute atomic E-state index is 12.8. The molecule has 6 aromatic rings. The number of likely N-dealkylation sites (tertiary alicyclic amines) is 2. The molecule has 2 aromatic carbocycles. The van der Waals surface area contributed by atoms with Crippen LogP contribution in [0.25, 0.3) is 22.5 Å². The number of nitrogens with two attached hydrogens (primary N) is 2. The Bertz CT molecular complexity index is 3150. The van der Waals surface area contributed by atoms with Gasteiger partial charge in [0.15, 0.2) is 11.5 Å². The largest absolute Gasteiger partial charge is 1.00 e. The van der Waals surface area contributed by atoms with Crippen molar-refractivity contribution in [1.29, 1.82) is 0 Å². The zero-order valence-electron chi connectivity index (χ0n) is 48.2. The number of benzene rings is 2. The van der Waals surface area contributed by atoms with Gasteiger partial charge in [-0.25, -0.2) is 43.7 Å². The number of hydrogen-bond acceptors (Lipinski definition) is 15. The molecule has 22 nitrogen and oxygen atoms in total. The van der Waals surface area contributed by atoms with Gasteiger partial charge in [-0.2, -0.15) is 0 Å². The minimum Gasteiger partial charge on any atom is -0.870 e. The fraction of sp³-hybridized carbons (Fsp3) is 0.424. The Balaban J connectivity index is 0.000000230. The number of ketones is 1. The predicted molar refractivity (Wildman–Crippen MR) is 302 cm³/mol. The van der Waals surface area contributed by atoms with E-state index < -0.39 is 17.2 Å². The molecule has 0 bridgehead atoms. The second-order valence-electron chi connectivity index (χ2n) is 23.7. The summed E-state index contributed by atoms with van der Waals surface area (Å²) in [5, 5.41) is 15.5. The summed E-state index contributed by atoms with van der Waals surface area (Å²) in [6.07, 6.45) is 7.58. The Morgan fingerprint density at radius 1 is 0.610 bits per heavy atom. The van der Waals surface area contributed by atoms with Crippen LogP contribution in [-0.4, -0.2) is 123 Å². The molecule has 6 heterocycles. The van der Waals surface area contributed by atoms with E-state index in [1.165, 1.54) is 11.6 Å². The van der Waals surface area contributed by atoms with Gasteiger partial charge in [-0.1, -0.05) is 38.1 Å². The van der Waals surface area contributed by atoms with E-state index in [2.05, 4.69) is 25.6 Å². The number of Topliss-reactive ketones (excluding diaryl/α,β-unsaturated/α-hetero) is 1. The standard InChI is InChI=1S/C30H36N6O4.C29H34N6O5.Li.H2O/c1-6-19-11-12-32-23(13-19)33-27(38)21-9-7-20(8-10-21)24-25(18(2)37)36(31)26(34-24)22-14-30(15-22)16-35(17-30)28(39)40-29(3,4)5;1-5-17-10-11-31-21(12-17)32-25(36)19-8-6-18(7-9-19)22-23(26(37)38)35(30)24(33-22)20-13-29(14-20)15-34(16-29)27(39)40-28(2,3)4;;/h7-13,22H,6,14-17,31H2,1-5H3,(H,32,33,38);6-12,20H,5,13-16,30H2,1-4H3,(H,37,38)(H,31,32,36);;1H2/q;;+1;/p-1. The molecule has 82 heavy (non-hydrogen) atoms. The number of hydrogen-bond donors (Lipinski definition) is 5. The first kappa shape index (κ1) is 61.6. The molecule has 2 spiro atoms. The third kappa shape index (κ3) is 13.1. The summed E-state index contributed by atoms with van der Waals surface area (Å²) in [5.74, 6) is 12.9. The van der Waals surface area contributed by atoms with Gasteiger partial charge in [0.1, 0.15) is 51.6 Å². The van der Waals surface area contributed by atoms with Crippen LogP contribution in [0.5, 0.6) is 0 Å². The van der Waals surface area contributed by atoms with Crippen molar-refractivity contribution in [2.24, 2.45) is 10.8 Å². The smallest absolute Gasteiger partial charge is 0.870 e.